The van der Waals surface area contributed by atoms with Crippen LogP contribution in [0.1, 0.15) is 69.5 Å². The molecule has 5 nitrogen and oxygen atoms in total. The number of aryl methyl sites for hydroxylation is 2. The second-order valence-corrected chi connectivity index (χ2v) is 9.05. The average molecular weight is 383 g/mol. The predicted octanol–water partition coefficient (Wildman–Crippen LogP) is 4.51. The van der Waals surface area contributed by atoms with Crippen LogP contribution in [0.15, 0.2) is 12.1 Å². The highest BCUT2D eigenvalue weighted by molar-refractivity contribution is 5.81. The number of imidazole rings is 1. The number of carbonyl (C=O) groups excluding carboxylic acids is 1. The smallest absolute Gasteiger partial charge is 0.223 e. The van der Waals surface area contributed by atoms with Gasteiger partial charge in [0.1, 0.15) is 0 Å². The molecule has 1 saturated heterocycles. The maximum atomic E-state index is 12.6. The van der Waals surface area contributed by atoms with Gasteiger partial charge in [-0.1, -0.05) is 12.8 Å². The molecule has 2 aromatic rings. The Bertz CT molecular complexity index is 855. The number of nitrogens with zero attached hydrogens (tertiary/aromatic N) is 3. The van der Waals surface area contributed by atoms with Crippen molar-refractivity contribution in [2.24, 2.45) is 5.92 Å². The van der Waals surface area contributed by atoms with Gasteiger partial charge in [-0.05, 0) is 76.6 Å². The molecule has 0 unspecified atom stereocenters. The van der Waals surface area contributed by atoms with Crippen molar-refractivity contribution < 1.29 is 4.79 Å². The van der Waals surface area contributed by atoms with E-state index in [1.54, 1.807) is 0 Å². The van der Waals surface area contributed by atoms with Gasteiger partial charge in [0.25, 0.3) is 0 Å². The Balaban J connectivity index is 1.50. The van der Waals surface area contributed by atoms with Crippen LogP contribution >= 0.6 is 0 Å². The molecule has 0 atom stereocenters. The first-order valence-electron chi connectivity index (χ1n) is 11.0. The van der Waals surface area contributed by atoms with Gasteiger partial charge in [-0.2, -0.15) is 0 Å². The lowest BCUT2D eigenvalue weighted by molar-refractivity contribution is -0.126. The van der Waals surface area contributed by atoms with Gasteiger partial charge in [0.2, 0.25) is 11.9 Å². The maximum Gasteiger partial charge on any atom is 0.223 e. The normalized spacial score (nSPS) is 19.1. The molecule has 2 fully saturated rings. The number of rotatable bonds is 4. The number of anilines is 1. The fraction of sp³-hybridized carbons (Fsp3) is 0.652. The molecule has 1 aliphatic carbocycles. The number of piperidine rings is 1. The van der Waals surface area contributed by atoms with Gasteiger partial charge in [0.05, 0.1) is 11.0 Å². The van der Waals surface area contributed by atoms with Crippen molar-refractivity contribution in [3.8, 4) is 0 Å². The molecule has 152 valence electrons. The summed E-state index contributed by atoms with van der Waals surface area (Å²) in [6, 6.07) is 5.24. The topological polar surface area (TPSA) is 50.2 Å². The van der Waals surface area contributed by atoms with Crippen LogP contribution in [0.3, 0.4) is 0 Å². The second-order valence-electron chi connectivity index (χ2n) is 9.05. The zero-order chi connectivity index (χ0) is 19.8. The molecule has 2 aliphatic rings. The molecule has 5 heteroatoms. The lowest BCUT2D eigenvalue weighted by atomic mass is 9.95. The van der Waals surface area contributed by atoms with Crippen molar-refractivity contribution in [1.82, 2.24) is 14.9 Å². The molecule has 1 aromatic carbocycles. The van der Waals surface area contributed by atoms with Gasteiger partial charge in [-0.3, -0.25) is 4.79 Å². The summed E-state index contributed by atoms with van der Waals surface area (Å²) >= 11 is 0. The molecule has 1 saturated carbocycles. The molecule has 0 bridgehead atoms. The Morgan fingerprint density at radius 1 is 1.07 bits per heavy atom. The van der Waals surface area contributed by atoms with E-state index in [0.29, 0.717) is 12.1 Å². The van der Waals surface area contributed by atoms with E-state index in [2.05, 4.69) is 54.6 Å². The first-order valence-corrected chi connectivity index (χ1v) is 11.0. The van der Waals surface area contributed by atoms with E-state index in [4.69, 9.17) is 4.98 Å². The van der Waals surface area contributed by atoms with Gasteiger partial charge in [-0.25, -0.2) is 4.98 Å². The average Bonchev–Trinajstić information content (AvgIpc) is 3.30. The number of fused-ring (bicyclic) bond motifs is 1. The summed E-state index contributed by atoms with van der Waals surface area (Å²) in [5, 5.41) is 3.29. The van der Waals surface area contributed by atoms with Crippen LogP contribution in [0, 0.1) is 19.8 Å². The number of hydrogen-bond acceptors (Lipinski definition) is 3. The summed E-state index contributed by atoms with van der Waals surface area (Å²) in [7, 11) is 0. The molecule has 1 aliphatic heterocycles. The van der Waals surface area contributed by atoms with Gasteiger partial charge >= 0.3 is 0 Å². The van der Waals surface area contributed by atoms with E-state index in [1.165, 1.54) is 29.5 Å². The van der Waals surface area contributed by atoms with E-state index in [0.717, 1.165) is 50.2 Å². The van der Waals surface area contributed by atoms with Crippen molar-refractivity contribution in [3.63, 3.8) is 0 Å². The molecule has 1 N–H and O–H groups in total. The minimum Gasteiger partial charge on any atom is -0.353 e. The van der Waals surface area contributed by atoms with Crippen molar-refractivity contribution in [2.75, 3.05) is 18.0 Å². The van der Waals surface area contributed by atoms with Crippen molar-refractivity contribution in [2.45, 2.75) is 78.3 Å². The molecule has 4 rings (SSSR count). The van der Waals surface area contributed by atoms with E-state index < -0.39 is 0 Å². The summed E-state index contributed by atoms with van der Waals surface area (Å²) in [6.07, 6.45) is 6.65. The lowest BCUT2D eigenvalue weighted by Gasteiger charge is -2.33. The van der Waals surface area contributed by atoms with Gasteiger partial charge in [0.15, 0.2) is 0 Å². The Morgan fingerprint density at radius 3 is 2.36 bits per heavy atom. The Kier molecular flexibility index (Phi) is 5.35. The summed E-state index contributed by atoms with van der Waals surface area (Å²) in [5.74, 6) is 1.48. The highest BCUT2D eigenvalue weighted by Crippen LogP contribution is 2.31. The highest BCUT2D eigenvalue weighted by atomic mass is 16.1. The summed E-state index contributed by atoms with van der Waals surface area (Å²) < 4.78 is 2.36. The highest BCUT2D eigenvalue weighted by Gasteiger charge is 2.29. The van der Waals surface area contributed by atoms with Gasteiger partial charge in [0, 0.05) is 31.1 Å². The van der Waals surface area contributed by atoms with Crippen LogP contribution in [0.25, 0.3) is 11.0 Å². The number of benzene rings is 1. The maximum absolute atomic E-state index is 12.6. The minimum absolute atomic E-state index is 0.151. The van der Waals surface area contributed by atoms with Crippen LogP contribution in [-0.4, -0.2) is 34.6 Å². The van der Waals surface area contributed by atoms with Crippen LogP contribution in [0.2, 0.25) is 0 Å². The third kappa shape index (κ3) is 3.63. The van der Waals surface area contributed by atoms with E-state index in [1.807, 2.05) is 0 Å². The van der Waals surface area contributed by atoms with E-state index in [-0.39, 0.29) is 11.8 Å². The first kappa shape index (κ1) is 19.3. The molecule has 2 heterocycles. The van der Waals surface area contributed by atoms with Gasteiger partial charge in [-0.15, -0.1) is 0 Å². The third-order valence-corrected chi connectivity index (χ3v) is 6.65. The molecule has 1 amide bonds. The number of nitrogens with one attached hydrogen (secondary N) is 1. The summed E-state index contributed by atoms with van der Waals surface area (Å²) in [5.41, 5.74) is 4.89. The molecular formula is C23H34N4O. The second kappa shape index (κ2) is 7.76. The Labute approximate surface area is 168 Å². The third-order valence-electron chi connectivity index (χ3n) is 6.65. The fourth-order valence-electron chi connectivity index (χ4n) is 4.80. The molecule has 1 aromatic heterocycles. The van der Waals surface area contributed by atoms with E-state index >= 15 is 0 Å². The Hall–Kier alpha value is -2.04. The van der Waals surface area contributed by atoms with E-state index in [9.17, 15) is 4.79 Å². The van der Waals surface area contributed by atoms with Gasteiger partial charge < -0.3 is 14.8 Å². The Morgan fingerprint density at radius 2 is 1.71 bits per heavy atom. The first-order chi connectivity index (χ1) is 13.4. The van der Waals surface area contributed by atoms with Crippen molar-refractivity contribution in [3.05, 3.63) is 23.3 Å². The van der Waals surface area contributed by atoms with Crippen LogP contribution < -0.4 is 10.2 Å². The zero-order valence-corrected chi connectivity index (χ0v) is 17.8. The number of amides is 1. The molecular weight excluding hydrogens is 348 g/mol. The standard InChI is InChI=1S/C23H34N4O/c1-15(2)27-21-14-17(4)16(3)13-20(21)25-23(27)26-11-9-18(10-12-26)22(28)24-19-7-5-6-8-19/h13-15,18-19H,5-12H2,1-4H3,(H,24,28). The number of aromatic nitrogens is 2. The predicted molar refractivity (Wildman–Crippen MR) is 115 cm³/mol. The summed E-state index contributed by atoms with van der Waals surface area (Å²) in [4.78, 5) is 20.0. The molecule has 0 spiro atoms. The SMILES string of the molecule is Cc1cc2nc(N3CCC(C(=O)NC4CCCC4)CC3)n(C(C)C)c2cc1C. The largest absolute Gasteiger partial charge is 0.353 e. The molecule has 28 heavy (non-hydrogen) atoms. The van der Waals surface area contributed by atoms with Crippen LogP contribution in [-0.2, 0) is 4.79 Å². The monoisotopic (exact) mass is 382 g/mol. The van der Waals surface area contributed by atoms with Crippen molar-refractivity contribution >= 4 is 22.9 Å². The number of carbonyl (C=O) groups is 1. The van der Waals surface area contributed by atoms with Crippen LogP contribution in [0.5, 0.6) is 0 Å². The summed E-state index contributed by atoms with van der Waals surface area (Å²) in [6.45, 7) is 10.6. The number of hydrogen-bond donors (Lipinski definition) is 1. The van der Waals surface area contributed by atoms with Crippen LogP contribution in [0.4, 0.5) is 5.95 Å². The molecule has 0 radical (unpaired) electrons. The van der Waals surface area contributed by atoms with Crippen molar-refractivity contribution in [1.29, 1.82) is 0 Å². The quantitative estimate of drug-likeness (QED) is 0.846. The zero-order valence-electron chi connectivity index (χ0n) is 17.8. The lowest BCUT2D eigenvalue weighted by Crippen LogP contribution is -2.43. The fourth-order valence-corrected chi connectivity index (χ4v) is 4.80. The minimum atomic E-state index is 0.151.